The molecule has 27 heavy (non-hydrogen) atoms. The highest BCUT2D eigenvalue weighted by Crippen LogP contribution is 2.37. The summed E-state index contributed by atoms with van der Waals surface area (Å²) >= 11 is 7.57. The molecule has 1 aliphatic rings. The molecule has 3 aromatic rings. The first-order valence-corrected chi connectivity index (χ1v) is 9.86. The van der Waals surface area contributed by atoms with Crippen molar-refractivity contribution in [3.63, 3.8) is 0 Å². The number of aryl methyl sites for hydroxylation is 1. The van der Waals surface area contributed by atoms with E-state index in [1.165, 1.54) is 16.8 Å². The SMILES string of the molecule is Cc1nn(CC(=O)NN2C(=O)CSC2c2ccccc2)c2cc(Cl)ccc12. The zero-order valence-corrected chi connectivity index (χ0v) is 16.1. The highest BCUT2D eigenvalue weighted by Gasteiger charge is 2.34. The number of rotatable bonds is 4. The van der Waals surface area contributed by atoms with Gasteiger partial charge in [-0.25, -0.2) is 5.01 Å². The molecule has 2 amide bonds. The van der Waals surface area contributed by atoms with Crippen molar-refractivity contribution in [2.45, 2.75) is 18.8 Å². The highest BCUT2D eigenvalue weighted by atomic mass is 35.5. The lowest BCUT2D eigenvalue weighted by Gasteiger charge is -2.24. The van der Waals surface area contributed by atoms with Crippen LogP contribution in [-0.4, -0.2) is 32.4 Å². The van der Waals surface area contributed by atoms with E-state index in [0.29, 0.717) is 10.8 Å². The summed E-state index contributed by atoms with van der Waals surface area (Å²) in [5.41, 5.74) is 5.33. The van der Waals surface area contributed by atoms with Gasteiger partial charge >= 0.3 is 0 Å². The van der Waals surface area contributed by atoms with E-state index in [1.807, 2.05) is 43.3 Å². The Morgan fingerprint density at radius 2 is 2.07 bits per heavy atom. The smallest absolute Gasteiger partial charge is 0.260 e. The summed E-state index contributed by atoms with van der Waals surface area (Å²) in [5.74, 6) is -0.0953. The molecule has 0 radical (unpaired) electrons. The second kappa shape index (κ2) is 7.25. The Kier molecular flexibility index (Phi) is 4.80. The summed E-state index contributed by atoms with van der Waals surface area (Å²) in [7, 11) is 0. The number of carbonyl (C=O) groups is 2. The molecular weight excluding hydrogens is 384 g/mol. The maximum absolute atomic E-state index is 12.6. The maximum atomic E-state index is 12.6. The normalized spacial score (nSPS) is 16.9. The lowest BCUT2D eigenvalue weighted by Crippen LogP contribution is -2.45. The van der Waals surface area contributed by atoms with Crippen LogP contribution in [0.15, 0.2) is 48.5 Å². The molecule has 2 heterocycles. The average molecular weight is 401 g/mol. The van der Waals surface area contributed by atoms with E-state index in [1.54, 1.807) is 16.8 Å². The van der Waals surface area contributed by atoms with Gasteiger partial charge in [0.15, 0.2) is 0 Å². The number of fused-ring (bicyclic) bond motifs is 1. The molecule has 0 aliphatic carbocycles. The third-order valence-corrected chi connectivity index (χ3v) is 5.84. The molecule has 0 saturated carbocycles. The molecule has 0 bridgehead atoms. The molecule has 1 aliphatic heterocycles. The van der Waals surface area contributed by atoms with Gasteiger partial charge in [-0.15, -0.1) is 11.8 Å². The molecule has 1 aromatic heterocycles. The lowest BCUT2D eigenvalue weighted by atomic mass is 10.2. The summed E-state index contributed by atoms with van der Waals surface area (Å²) in [4.78, 5) is 24.9. The van der Waals surface area contributed by atoms with Crippen LogP contribution in [0.25, 0.3) is 10.9 Å². The Labute approximate surface area is 165 Å². The molecule has 1 N–H and O–H groups in total. The van der Waals surface area contributed by atoms with Crippen LogP contribution in [-0.2, 0) is 16.1 Å². The molecule has 1 atom stereocenters. The minimum absolute atomic E-state index is 0.000634. The lowest BCUT2D eigenvalue weighted by molar-refractivity contribution is -0.139. The van der Waals surface area contributed by atoms with Crippen molar-refractivity contribution in [3.8, 4) is 0 Å². The van der Waals surface area contributed by atoms with E-state index >= 15 is 0 Å². The Bertz CT molecular complexity index is 1020. The first-order valence-electron chi connectivity index (χ1n) is 8.43. The van der Waals surface area contributed by atoms with E-state index < -0.39 is 0 Å². The largest absolute Gasteiger partial charge is 0.272 e. The Morgan fingerprint density at radius 1 is 1.30 bits per heavy atom. The van der Waals surface area contributed by atoms with Gasteiger partial charge in [-0.2, -0.15) is 5.10 Å². The number of hydrogen-bond donors (Lipinski definition) is 1. The number of benzene rings is 2. The van der Waals surface area contributed by atoms with Crippen molar-refractivity contribution in [2.75, 3.05) is 5.75 Å². The number of thioether (sulfide) groups is 1. The second-order valence-electron chi connectivity index (χ2n) is 6.28. The van der Waals surface area contributed by atoms with Gasteiger partial charge < -0.3 is 0 Å². The van der Waals surface area contributed by atoms with Crippen molar-refractivity contribution < 1.29 is 9.59 Å². The zero-order valence-electron chi connectivity index (χ0n) is 14.6. The van der Waals surface area contributed by atoms with Crippen molar-refractivity contribution in [2.24, 2.45) is 0 Å². The van der Waals surface area contributed by atoms with E-state index in [-0.39, 0.29) is 23.7 Å². The van der Waals surface area contributed by atoms with Crippen molar-refractivity contribution >= 4 is 46.1 Å². The van der Waals surface area contributed by atoms with Crippen molar-refractivity contribution in [1.82, 2.24) is 20.2 Å². The Morgan fingerprint density at radius 3 is 2.85 bits per heavy atom. The van der Waals surface area contributed by atoms with Gasteiger partial charge in [0.2, 0.25) is 0 Å². The topological polar surface area (TPSA) is 67.2 Å². The van der Waals surface area contributed by atoms with Crippen LogP contribution in [0.2, 0.25) is 5.02 Å². The molecule has 2 aromatic carbocycles. The predicted octanol–water partition coefficient (Wildman–Crippen LogP) is 3.30. The zero-order chi connectivity index (χ0) is 19.0. The summed E-state index contributed by atoms with van der Waals surface area (Å²) in [5, 5.41) is 7.14. The second-order valence-corrected chi connectivity index (χ2v) is 7.78. The molecule has 8 heteroatoms. The summed E-state index contributed by atoms with van der Waals surface area (Å²) in [6.45, 7) is 1.89. The average Bonchev–Trinajstić information content (AvgIpc) is 3.16. The van der Waals surface area contributed by atoms with Gasteiger partial charge in [0.05, 0.1) is 17.0 Å². The van der Waals surface area contributed by atoms with Crippen LogP contribution in [0.5, 0.6) is 0 Å². The van der Waals surface area contributed by atoms with Gasteiger partial charge in [-0.3, -0.25) is 19.7 Å². The van der Waals surface area contributed by atoms with E-state index in [4.69, 9.17) is 11.6 Å². The fourth-order valence-corrected chi connectivity index (χ4v) is 4.42. The van der Waals surface area contributed by atoms with Crippen molar-refractivity contribution in [3.05, 3.63) is 64.8 Å². The molecule has 138 valence electrons. The number of carbonyl (C=O) groups excluding carboxylic acids is 2. The van der Waals surface area contributed by atoms with Gasteiger partial charge in [-0.1, -0.05) is 41.9 Å². The summed E-state index contributed by atoms with van der Waals surface area (Å²) in [6, 6.07) is 15.1. The third kappa shape index (κ3) is 3.52. The number of aromatic nitrogens is 2. The van der Waals surface area contributed by atoms with Gasteiger partial charge in [-0.05, 0) is 30.7 Å². The quantitative estimate of drug-likeness (QED) is 0.729. The molecule has 1 saturated heterocycles. The molecule has 6 nitrogen and oxygen atoms in total. The monoisotopic (exact) mass is 400 g/mol. The first-order chi connectivity index (χ1) is 13.0. The van der Waals surface area contributed by atoms with Crippen molar-refractivity contribution in [1.29, 1.82) is 0 Å². The fraction of sp³-hybridized carbons (Fsp3) is 0.211. The maximum Gasteiger partial charge on any atom is 0.260 e. The van der Waals surface area contributed by atoms with Crippen LogP contribution in [0, 0.1) is 6.92 Å². The van der Waals surface area contributed by atoms with E-state index in [2.05, 4.69) is 10.5 Å². The van der Waals surface area contributed by atoms with Gasteiger partial charge in [0.25, 0.3) is 11.8 Å². The number of hydrazine groups is 1. The Hall–Kier alpha value is -2.51. The van der Waals surface area contributed by atoms with Crippen LogP contribution < -0.4 is 5.43 Å². The minimum Gasteiger partial charge on any atom is -0.272 e. The third-order valence-electron chi connectivity index (χ3n) is 4.39. The van der Waals surface area contributed by atoms with E-state index in [0.717, 1.165) is 22.2 Å². The van der Waals surface area contributed by atoms with Gasteiger partial charge in [0, 0.05) is 10.4 Å². The summed E-state index contributed by atoms with van der Waals surface area (Å²) in [6.07, 6.45) is 0. The molecule has 1 fully saturated rings. The fourth-order valence-electron chi connectivity index (χ4n) is 3.15. The first kappa shape index (κ1) is 17.9. The van der Waals surface area contributed by atoms with Crippen LogP contribution >= 0.6 is 23.4 Å². The molecular formula is C19H17ClN4O2S. The molecule has 4 rings (SSSR count). The molecule has 1 unspecified atom stereocenters. The van der Waals surface area contributed by atoms with Crippen LogP contribution in [0.3, 0.4) is 0 Å². The summed E-state index contributed by atoms with van der Waals surface area (Å²) < 4.78 is 1.61. The number of amides is 2. The van der Waals surface area contributed by atoms with Crippen LogP contribution in [0.1, 0.15) is 16.6 Å². The number of hydrogen-bond acceptors (Lipinski definition) is 4. The minimum atomic E-state index is -0.309. The molecule has 0 spiro atoms. The standard InChI is InChI=1S/C19H17ClN4O2S/c1-12-15-8-7-14(20)9-16(15)23(21-12)10-17(25)22-24-18(26)11-27-19(24)13-5-3-2-4-6-13/h2-9,19H,10-11H2,1H3,(H,22,25). The number of nitrogens with zero attached hydrogens (tertiary/aromatic N) is 3. The number of nitrogens with one attached hydrogen (secondary N) is 1. The van der Waals surface area contributed by atoms with Gasteiger partial charge in [0.1, 0.15) is 11.9 Å². The van der Waals surface area contributed by atoms with Crippen LogP contribution in [0.4, 0.5) is 0 Å². The van der Waals surface area contributed by atoms with E-state index in [9.17, 15) is 9.59 Å². The predicted molar refractivity (Wildman–Crippen MR) is 106 cm³/mol. The Balaban J connectivity index is 1.54. The highest BCUT2D eigenvalue weighted by molar-refractivity contribution is 8.00. The number of halogens is 1.